The maximum absolute atomic E-state index is 12.9. The van der Waals surface area contributed by atoms with Crippen LogP contribution in [0.15, 0.2) is 46.5 Å². The van der Waals surface area contributed by atoms with E-state index in [4.69, 9.17) is 0 Å². The van der Waals surface area contributed by atoms with E-state index in [0.29, 0.717) is 0 Å². The lowest BCUT2D eigenvalue weighted by Gasteiger charge is -2.16. The summed E-state index contributed by atoms with van der Waals surface area (Å²) in [7, 11) is 4.26. The van der Waals surface area contributed by atoms with Crippen molar-refractivity contribution in [2.45, 2.75) is 19.4 Å². The third kappa shape index (κ3) is 4.11. The highest BCUT2D eigenvalue weighted by Crippen LogP contribution is 2.13. The number of hydrogen-bond donors (Lipinski definition) is 0. The Bertz CT molecular complexity index is 1020. The molecule has 27 heavy (non-hydrogen) atoms. The second-order valence-electron chi connectivity index (χ2n) is 6.45. The van der Waals surface area contributed by atoms with Crippen LogP contribution < -0.4 is 11.2 Å². The van der Waals surface area contributed by atoms with Crippen molar-refractivity contribution in [2.24, 2.45) is 7.05 Å². The molecule has 8 heteroatoms. The molecule has 1 unspecified atom stereocenters. The van der Waals surface area contributed by atoms with E-state index in [2.05, 4.69) is 11.7 Å². The van der Waals surface area contributed by atoms with Gasteiger partial charge in [0.05, 0.1) is 12.5 Å². The number of amides is 1. The fraction of sp³-hybridized carbons (Fsp3) is 0.316. The Labute approximate surface area is 156 Å². The van der Waals surface area contributed by atoms with Gasteiger partial charge in [-0.3, -0.25) is 19.0 Å². The van der Waals surface area contributed by atoms with Crippen LogP contribution in [0.3, 0.4) is 0 Å². The van der Waals surface area contributed by atoms with Gasteiger partial charge in [0.15, 0.2) is 0 Å². The van der Waals surface area contributed by atoms with Crippen molar-refractivity contribution in [3.63, 3.8) is 0 Å². The number of nitrogens with zero attached hydrogens (tertiary/aromatic N) is 4. The monoisotopic (exact) mass is 370 g/mol. The zero-order valence-electron chi connectivity index (χ0n) is 15.8. The van der Waals surface area contributed by atoms with Crippen LogP contribution in [0, 0.1) is 6.92 Å². The van der Waals surface area contributed by atoms with Crippen molar-refractivity contribution >= 4 is 11.7 Å². The van der Waals surface area contributed by atoms with E-state index in [0.717, 1.165) is 25.3 Å². The summed E-state index contributed by atoms with van der Waals surface area (Å²) in [4.78, 5) is 50.9. The molecule has 0 fully saturated rings. The van der Waals surface area contributed by atoms with Crippen molar-refractivity contribution in [1.29, 1.82) is 0 Å². The Hall–Kier alpha value is -3.29. The highest BCUT2D eigenvalue weighted by Gasteiger charge is 2.30. The normalized spacial score (nSPS) is 11.7. The molecule has 0 saturated carbocycles. The van der Waals surface area contributed by atoms with Gasteiger partial charge in [-0.1, -0.05) is 35.9 Å². The highest BCUT2D eigenvalue weighted by atomic mass is 16.2. The van der Waals surface area contributed by atoms with Crippen LogP contribution in [-0.2, 0) is 23.2 Å². The Kier molecular flexibility index (Phi) is 5.89. The summed E-state index contributed by atoms with van der Waals surface area (Å²) >= 11 is 0. The number of aromatic nitrogens is 3. The van der Waals surface area contributed by atoms with Crippen molar-refractivity contribution in [1.82, 2.24) is 19.2 Å². The summed E-state index contributed by atoms with van der Waals surface area (Å²) in [5, 5.41) is 3.93. The van der Waals surface area contributed by atoms with Crippen LogP contribution in [-0.4, -0.2) is 45.0 Å². The molecule has 0 bridgehead atoms. The Balaban J connectivity index is 2.59. The molecule has 1 atom stereocenters. The number of ketones is 1. The van der Waals surface area contributed by atoms with Crippen LogP contribution in [0.1, 0.15) is 22.7 Å². The average molecular weight is 370 g/mol. The fourth-order valence-corrected chi connectivity index (χ4v) is 2.67. The van der Waals surface area contributed by atoms with Crippen LogP contribution in [0.4, 0.5) is 0 Å². The zero-order valence-corrected chi connectivity index (χ0v) is 15.8. The van der Waals surface area contributed by atoms with Gasteiger partial charge in [-0.2, -0.15) is 5.10 Å². The van der Waals surface area contributed by atoms with Crippen molar-refractivity contribution in [2.75, 3.05) is 14.1 Å². The second-order valence-corrected chi connectivity index (χ2v) is 6.45. The van der Waals surface area contributed by atoms with E-state index in [1.807, 2.05) is 25.1 Å². The first-order valence-electron chi connectivity index (χ1n) is 8.29. The van der Waals surface area contributed by atoms with Gasteiger partial charge in [-0.25, -0.2) is 9.48 Å². The summed E-state index contributed by atoms with van der Waals surface area (Å²) in [5.74, 6) is -2.84. The summed E-state index contributed by atoms with van der Waals surface area (Å²) in [6.07, 6.45) is 1.19. The van der Waals surface area contributed by atoms with E-state index in [1.165, 1.54) is 27.2 Å². The summed E-state index contributed by atoms with van der Waals surface area (Å²) in [6, 6.07) is 7.39. The SMILES string of the molecule is C=CC(C(=O)C(=O)N(C)C)c1nn(C)c(=O)n(Cc2cccc(C)c2)c1=O. The van der Waals surface area contributed by atoms with E-state index in [9.17, 15) is 19.2 Å². The number of Topliss-reactive ketones (excluding diaryl/α,β-unsaturated/α-hetero) is 1. The number of allylic oxidation sites excluding steroid dienone is 1. The standard InChI is InChI=1S/C19H22N4O4/c1-6-14(16(24)18(26)21(3)4)15-17(25)23(19(27)22(5)20-15)11-13-9-7-8-12(2)10-13/h6-10,14H,1,11H2,2-5H3. The molecule has 1 aromatic carbocycles. The molecule has 1 aromatic heterocycles. The number of aryl methyl sites for hydroxylation is 2. The van der Waals surface area contributed by atoms with Crippen molar-refractivity contribution < 1.29 is 9.59 Å². The zero-order chi connectivity index (χ0) is 20.3. The number of likely N-dealkylation sites (N-methyl/N-ethyl adjacent to an activating group) is 1. The summed E-state index contributed by atoms with van der Waals surface area (Å²) in [6.45, 7) is 5.49. The van der Waals surface area contributed by atoms with E-state index in [1.54, 1.807) is 6.07 Å². The smallest absolute Gasteiger partial charge is 0.342 e. The van der Waals surface area contributed by atoms with Crippen molar-refractivity contribution in [3.8, 4) is 0 Å². The Morgan fingerprint density at radius 3 is 2.52 bits per heavy atom. The second kappa shape index (κ2) is 7.94. The first-order valence-corrected chi connectivity index (χ1v) is 8.29. The van der Waals surface area contributed by atoms with Crippen molar-refractivity contribution in [3.05, 3.63) is 74.6 Å². The average Bonchev–Trinajstić information content (AvgIpc) is 2.62. The maximum atomic E-state index is 12.9. The molecule has 142 valence electrons. The fourth-order valence-electron chi connectivity index (χ4n) is 2.67. The molecular weight excluding hydrogens is 348 g/mol. The van der Waals surface area contributed by atoms with Crippen LogP contribution in [0.5, 0.6) is 0 Å². The van der Waals surface area contributed by atoms with E-state index >= 15 is 0 Å². The maximum Gasteiger partial charge on any atom is 0.347 e. The summed E-state index contributed by atoms with van der Waals surface area (Å²) in [5.41, 5.74) is 0.211. The lowest BCUT2D eigenvalue weighted by molar-refractivity contribution is -0.143. The van der Waals surface area contributed by atoms with Crippen LogP contribution in [0.25, 0.3) is 0 Å². The van der Waals surface area contributed by atoms with Gasteiger partial charge < -0.3 is 4.90 Å². The third-order valence-corrected chi connectivity index (χ3v) is 4.08. The number of carbonyl (C=O) groups is 2. The van der Waals surface area contributed by atoms with Gasteiger partial charge in [0.2, 0.25) is 5.78 Å². The van der Waals surface area contributed by atoms with Crippen LogP contribution in [0.2, 0.25) is 0 Å². The molecule has 1 amide bonds. The molecule has 8 nitrogen and oxygen atoms in total. The minimum Gasteiger partial charge on any atom is -0.342 e. The van der Waals surface area contributed by atoms with Gasteiger partial charge in [0.1, 0.15) is 5.69 Å². The molecule has 1 heterocycles. The number of rotatable bonds is 6. The molecule has 0 saturated heterocycles. The molecular formula is C19H22N4O4. The molecule has 0 radical (unpaired) electrons. The van der Waals surface area contributed by atoms with Gasteiger partial charge in [0, 0.05) is 21.1 Å². The van der Waals surface area contributed by atoms with Gasteiger partial charge in [0.25, 0.3) is 11.5 Å². The minimum atomic E-state index is -1.23. The number of hydrogen-bond acceptors (Lipinski definition) is 5. The highest BCUT2D eigenvalue weighted by molar-refractivity contribution is 6.38. The first kappa shape index (κ1) is 20.0. The van der Waals surface area contributed by atoms with Gasteiger partial charge in [-0.15, -0.1) is 6.58 Å². The largest absolute Gasteiger partial charge is 0.347 e. The topological polar surface area (TPSA) is 94.3 Å². The predicted molar refractivity (Wildman–Crippen MR) is 101 cm³/mol. The quantitative estimate of drug-likeness (QED) is 0.536. The molecule has 2 aromatic rings. The number of carbonyl (C=O) groups excluding carboxylic acids is 2. The predicted octanol–water partition coefficient (Wildman–Crippen LogP) is 0.226. The van der Waals surface area contributed by atoms with E-state index in [-0.39, 0.29) is 12.2 Å². The van der Waals surface area contributed by atoms with Crippen LogP contribution >= 0.6 is 0 Å². The third-order valence-electron chi connectivity index (χ3n) is 4.08. The lowest BCUT2D eigenvalue weighted by Crippen LogP contribution is -2.45. The van der Waals surface area contributed by atoms with Gasteiger partial charge in [-0.05, 0) is 12.5 Å². The summed E-state index contributed by atoms with van der Waals surface area (Å²) < 4.78 is 1.98. The number of benzene rings is 1. The molecule has 0 spiro atoms. The molecule has 0 N–H and O–H groups in total. The van der Waals surface area contributed by atoms with E-state index < -0.39 is 28.9 Å². The lowest BCUT2D eigenvalue weighted by atomic mass is 9.99. The molecule has 0 aliphatic rings. The first-order chi connectivity index (χ1) is 12.7. The Morgan fingerprint density at radius 2 is 1.96 bits per heavy atom. The molecule has 0 aliphatic heterocycles. The van der Waals surface area contributed by atoms with Gasteiger partial charge >= 0.3 is 5.69 Å². The minimum absolute atomic E-state index is 0.0301. The molecule has 0 aliphatic carbocycles. The molecule has 2 rings (SSSR count). The Morgan fingerprint density at radius 1 is 1.30 bits per heavy atom.